The van der Waals surface area contributed by atoms with Gasteiger partial charge >= 0.3 is 23.9 Å². The molecule has 15 heteroatoms. The number of urea groups is 1. The Kier molecular flexibility index (Phi) is 17.4. The second-order valence-corrected chi connectivity index (χ2v) is 13.8. The Bertz CT molecular complexity index is 1560. The molecule has 1 aliphatic carbocycles. The van der Waals surface area contributed by atoms with Crippen LogP contribution in [0.5, 0.6) is 0 Å². The maximum absolute atomic E-state index is 13.5. The van der Waals surface area contributed by atoms with Gasteiger partial charge in [0.15, 0.2) is 0 Å². The molecule has 14 nitrogen and oxygen atoms in total. The van der Waals surface area contributed by atoms with Crippen LogP contribution in [0.15, 0.2) is 42.5 Å². The maximum atomic E-state index is 13.5. The number of unbranched alkanes of at least 4 members (excludes halogenated alkanes) is 1. The highest BCUT2D eigenvalue weighted by Gasteiger charge is 2.31. The molecule has 2 aromatic carbocycles. The SMILES string of the molecule is O=C(O)CC[C@H](NC(=O)NC(CCCCNC(=O)C(CC(=O)C1CCC(CNC(=O)CCS)CC1)Cc1ccc2ccccc2c1)C(=O)O)C(=O)O. The third kappa shape index (κ3) is 14.5. The minimum atomic E-state index is -1.51. The number of thiol groups is 1. The van der Waals surface area contributed by atoms with Crippen LogP contribution in [-0.4, -0.2) is 87.8 Å². The first-order valence-electron chi connectivity index (χ1n) is 17.8. The van der Waals surface area contributed by atoms with Crippen molar-refractivity contribution in [3.8, 4) is 0 Å². The molecule has 0 aliphatic heterocycles. The topological polar surface area (TPSA) is 228 Å². The van der Waals surface area contributed by atoms with E-state index in [1.165, 1.54) is 0 Å². The number of carboxylic acids is 3. The molecule has 0 saturated heterocycles. The first-order chi connectivity index (χ1) is 24.9. The van der Waals surface area contributed by atoms with Gasteiger partial charge in [0.25, 0.3) is 0 Å². The molecule has 1 saturated carbocycles. The van der Waals surface area contributed by atoms with Crippen molar-refractivity contribution in [3.05, 3.63) is 48.0 Å². The molecule has 3 atom stereocenters. The molecule has 284 valence electrons. The Hall–Kier alpha value is -4.66. The van der Waals surface area contributed by atoms with Crippen LogP contribution in [0.4, 0.5) is 4.79 Å². The monoisotopic (exact) mass is 742 g/mol. The zero-order valence-electron chi connectivity index (χ0n) is 29.2. The number of carboxylic acid groups (broad SMARTS) is 3. The van der Waals surface area contributed by atoms with E-state index in [-0.39, 0.29) is 49.3 Å². The number of carbonyl (C=O) groups is 7. The minimum Gasteiger partial charge on any atom is -0.481 e. The summed E-state index contributed by atoms with van der Waals surface area (Å²) in [6.45, 7) is 0.789. The summed E-state index contributed by atoms with van der Waals surface area (Å²) in [5.41, 5.74) is 0.925. The maximum Gasteiger partial charge on any atom is 0.326 e. The van der Waals surface area contributed by atoms with Gasteiger partial charge in [0.2, 0.25) is 11.8 Å². The molecule has 4 amide bonds. The molecule has 0 aromatic heterocycles. The summed E-state index contributed by atoms with van der Waals surface area (Å²) in [5, 5.41) is 39.9. The Morgan fingerprint density at radius 2 is 1.42 bits per heavy atom. The average molecular weight is 743 g/mol. The fraction of sp³-hybridized carbons (Fsp3) is 0.541. The van der Waals surface area contributed by atoms with Gasteiger partial charge in [0, 0.05) is 44.2 Å². The van der Waals surface area contributed by atoms with Crippen molar-refractivity contribution in [2.45, 2.75) is 89.1 Å². The van der Waals surface area contributed by atoms with Crippen molar-refractivity contribution in [2.75, 3.05) is 18.8 Å². The lowest BCUT2D eigenvalue weighted by Gasteiger charge is -2.28. The molecule has 0 radical (unpaired) electrons. The number of hydrogen-bond acceptors (Lipinski definition) is 8. The molecule has 1 fully saturated rings. The highest BCUT2D eigenvalue weighted by molar-refractivity contribution is 7.80. The van der Waals surface area contributed by atoms with Crippen molar-refractivity contribution in [1.29, 1.82) is 0 Å². The molecule has 3 rings (SSSR count). The number of hydrogen-bond donors (Lipinski definition) is 8. The third-order valence-electron chi connectivity index (χ3n) is 9.42. The van der Waals surface area contributed by atoms with Gasteiger partial charge in [-0.3, -0.25) is 19.2 Å². The number of carbonyl (C=O) groups excluding carboxylic acids is 4. The fourth-order valence-electron chi connectivity index (χ4n) is 6.42. The lowest BCUT2D eigenvalue weighted by molar-refractivity contribution is -0.141. The summed E-state index contributed by atoms with van der Waals surface area (Å²) in [7, 11) is 0. The number of ketones is 1. The van der Waals surface area contributed by atoms with E-state index in [9.17, 15) is 43.8 Å². The van der Waals surface area contributed by atoms with Crippen LogP contribution in [0, 0.1) is 17.8 Å². The van der Waals surface area contributed by atoms with Crippen LogP contribution in [-0.2, 0) is 35.2 Å². The van der Waals surface area contributed by atoms with Crippen LogP contribution in [0.3, 0.4) is 0 Å². The van der Waals surface area contributed by atoms with E-state index in [1.807, 2.05) is 42.5 Å². The van der Waals surface area contributed by atoms with E-state index >= 15 is 0 Å². The smallest absolute Gasteiger partial charge is 0.326 e. The van der Waals surface area contributed by atoms with E-state index in [4.69, 9.17) is 5.11 Å². The van der Waals surface area contributed by atoms with Gasteiger partial charge in [-0.05, 0) is 85.8 Å². The van der Waals surface area contributed by atoms with E-state index in [2.05, 4.69) is 33.9 Å². The van der Waals surface area contributed by atoms with Crippen LogP contribution in [0.25, 0.3) is 10.8 Å². The zero-order chi connectivity index (χ0) is 38.0. The second-order valence-electron chi connectivity index (χ2n) is 13.4. The van der Waals surface area contributed by atoms with E-state index < -0.39 is 48.4 Å². The fourth-order valence-corrected chi connectivity index (χ4v) is 6.63. The van der Waals surface area contributed by atoms with Crippen molar-refractivity contribution >= 4 is 64.9 Å². The molecule has 2 unspecified atom stereocenters. The molecule has 0 bridgehead atoms. The summed E-state index contributed by atoms with van der Waals surface area (Å²) in [6, 6.07) is 9.95. The first kappa shape index (κ1) is 41.8. The van der Waals surface area contributed by atoms with E-state index in [0.29, 0.717) is 56.7 Å². The van der Waals surface area contributed by atoms with Crippen molar-refractivity contribution in [1.82, 2.24) is 21.3 Å². The average Bonchev–Trinajstić information content (AvgIpc) is 3.11. The molecular formula is C37H50N4O10S. The van der Waals surface area contributed by atoms with Gasteiger partial charge in [-0.25, -0.2) is 14.4 Å². The van der Waals surface area contributed by atoms with Crippen LogP contribution in [0.2, 0.25) is 0 Å². The Labute approximate surface area is 308 Å². The standard InChI is InChI=1S/C37H50N4O10S/c42-31(26-12-8-23(9-13-26)22-39-32(43)16-18-52)21-28(20-24-10-11-25-5-1-2-6-27(25)19-24)34(46)38-17-4-3-7-29(35(47)48)40-37(51)41-30(36(49)50)14-15-33(44)45/h1-2,5-6,10-11,19,23,26,28-30,52H,3-4,7-9,12-18,20-22H2,(H,38,46)(H,39,43)(H,44,45)(H,47,48)(H,49,50)(H2,40,41,51)/t23?,26?,28?,29?,30-/m0/s1. The lowest BCUT2D eigenvalue weighted by Crippen LogP contribution is -2.51. The Morgan fingerprint density at radius 1 is 0.769 bits per heavy atom. The predicted molar refractivity (Wildman–Crippen MR) is 196 cm³/mol. The summed E-state index contributed by atoms with van der Waals surface area (Å²) in [4.78, 5) is 85.1. The summed E-state index contributed by atoms with van der Waals surface area (Å²) < 4.78 is 0. The number of nitrogens with one attached hydrogen (secondary N) is 4. The molecule has 2 aromatic rings. The van der Waals surface area contributed by atoms with Crippen molar-refractivity contribution in [3.63, 3.8) is 0 Å². The van der Waals surface area contributed by atoms with E-state index in [0.717, 1.165) is 29.2 Å². The molecule has 52 heavy (non-hydrogen) atoms. The van der Waals surface area contributed by atoms with Gasteiger partial charge in [0.1, 0.15) is 17.9 Å². The highest BCUT2D eigenvalue weighted by Crippen LogP contribution is 2.31. The number of Topliss-reactive ketones (excluding diaryl/α,β-unsaturated/α-hetero) is 1. The normalized spacial score (nSPS) is 17.2. The third-order valence-corrected chi connectivity index (χ3v) is 9.64. The number of amides is 4. The van der Waals surface area contributed by atoms with Gasteiger partial charge in [-0.2, -0.15) is 12.6 Å². The van der Waals surface area contributed by atoms with Crippen molar-refractivity contribution in [2.24, 2.45) is 17.8 Å². The molecule has 0 heterocycles. The Morgan fingerprint density at radius 3 is 2.06 bits per heavy atom. The second kappa shape index (κ2) is 21.6. The lowest BCUT2D eigenvalue weighted by atomic mass is 9.77. The van der Waals surface area contributed by atoms with Crippen LogP contribution in [0.1, 0.15) is 76.2 Å². The molecular weight excluding hydrogens is 692 g/mol. The molecule has 7 N–H and O–H groups in total. The highest BCUT2D eigenvalue weighted by atomic mass is 32.1. The van der Waals surface area contributed by atoms with E-state index in [1.54, 1.807) is 0 Å². The first-order valence-corrected chi connectivity index (χ1v) is 18.4. The predicted octanol–water partition coefficient (Wildman–Crippen LogP) is 3.56. The Balaban J connectivity index is 1.54. The number of fused-ring (bicyclic) bond motifs is 1. The zero-order valence-corrected chi connectivity index (χ0v) is 30.1. The molecule has 1 aliphatic rings. The largest absolute Gasteiger partial charge is 0.481 e. The summed E-state index contributed by atoms with van der Waals surface area (Å²) >= 11 is 4.09. The summed E-state index contributed by atoms with van der Waals surface area (Å²) in [6.07, 6.45) is 3.64. The van der Waals surface area contributed by atoms with Crippen LogP contribution < -0.4 is 21.3 Å². The van der Waals surface area contributed by atoms with Crippen molar-refractivity contribution < 1.29 is 48.9 Å². The van der Waals surface area contributed by atoms with Gasteiger partial charge in [-0.1, -0.05) is 42.5 Å². The molecule has 0 spiro atoms. The quantitative estimate of drug-likeness (QED) is 0.0646. The number of aliphatic carboxylic acids is 3. The van der Waals surface area contributed by atoms with Gasteiger partial charge < -0.3 is 36.6 Å². The van der Waals surface area contributed by atoms with Crippen LogP contribution >= 0.6 is 12.6 Å². The summed E-state index contributed by atoms with van der Waals surface area (Å²) in [5.74, 6) is -4.27. The van der Waals surface area contributed by atoms with Gasteiger partial charge in [-0.15, -0.1) is 0 Å². The number of benzene rings is 2. The minimum absolute atomic E-state index is 0.00790. The number of rotatable bonds is 22. The van der Waals surface area contributed by atoms with Gasteiger partial charge in [0.05, 0.1) is 0 Å².